The van der Waals surface area contributed by atoms with Crippen molar-refractivity contribution in [2.24, 2.45) is 0 Å². The number of aryl methyl sites for hydroxylation is 1. The minimum absolute atomic E-state index is 0.259. The molecule has 2 rings (SSSR count). The number of thioether (sulfide) groups is 1. The van der Waals surface area contributed by atoms with Gasteiger partial charge in [-0.2, -0.15) is 0 Å². The van der Waals surface area contributed by atoms with Crippen LogP contribution < -0.4 is 0 Å². The molecular formula is C16H15BrOS. The summed E-state index contributed by atoms with van der Waals surface area (Å²) in [7, 11) is 0. The summed E-state index contributed by atoms with van der Waals surface area (Å²) in [6, 6.07) is 16.0. The van der Waals surface area contributed by atoms with E-state index in [2.05, 4.69) is 15.9 Å². The van der Waals surface area contributed by atoms with Crippen LogP contribution in [0.3, 0.4) is 0 Å². The summed E-state index contributed by atoms with van der Waals surface area (Å²) in [5.74, 6) is 0.770. The lowest BCUT2D eigenvalue weighted by molar-refractivity contribution is -0.116. The quantitative estimate of drug-likeness (QED) is 0.739. The summed E-state index contributed by atoms with van der Waals surface area (Å²) in [4.78, 5) is 13.1. The van der Waals surface area contributed by atoms with Crippen LogP contribution in [0.4, 0.5) is 0 Å². The summed E-state index contributed by atoms with van der Waals surface area (Å²) in [5.41, 5.74) is 2.31. The molecule has 0 heterocycles. The fourth-order valence-electron chi connectivity index (χ4n) is 1.79. The van der Waals surface area contributed by atoms with Crippen molar-refractivity contribution in [3.05, 3.63) is 64.1 Å². The molecule has 0 amide bonds. The molecule has 0 unspecified atom stereocenters. The highest BCUT2D eigenvalue weighted by Crippen LogP contribution is 2.27. The first kappa shape index (κ1) is 14.4. The zero-order valence-electron chi connectivity index (χ0n) is 10.7. The van der Waals surface area contributed by atoms with Crippen molar-refractivity contribution in [3.8, 4) is 0 Å². The maximum absolute atomic E-state index is 12.0. The largest absolute Gasteiger partial charge is 0.298 e. The highest BCUT2D eigenvalue weighted by Gasteiger charge is 2.07. The van der Waals surface area contributed by atoms with Gasteiger partial charge in [-0.05, 0) is 46.1 Å². The summed E-state index contributed by atoms with van der Waals surface area (Å²) < 4.78 is 1.05. The number of hydrogen-bond acceptors (Lipinski definition) is 2. The second kappa shape index (κ2) is 6.92. The molecule has 0 saturated heterocycles. The van der Waals surface area contributed by atoms with Crippen LogP contribution in [-0.2, 0) is 11.2 Å². The minimum atomic E-state index is 0.259. The van der Waals surface area contributed by atoms with E-state index in [1.165, 1.54) is 5.56 Å². The third kappa shape index (κ3) is 4.22. The molecule has 0 N–H and O–H groups in total. The lowest BCUT2D eigenvalue weighted by atomic mass is 10.0. The van der Waals surface area contributed by atoms with Gasteiger partial charge in [0, 0.05) is 15.8 Å². The highest BCUT2D eigenvalue weighted by molar-refractivity contribution is 9.10. The summed E-state index contributed by atoms with van der Waals surface area (Å²) in [6.45, 7) is 2.05. The van der Waals surface area contributed by atoms with E-state index in [0.29, 0.717) is 12.2 Å². The molecule has 0 saturated carbocycles. The van der Waals surface area contributed by atoms with E-state index in [0.717, 1.165) is 14.9 Å². The van der Waals surface area contributed by atoms with Crippen molar-refractivity contribution in [1.82, 2.24) is 0 Å². The lowest BCUT2D eigenvalue weighted by Gasteiger charge is -2.06. The van der Waals surface area contributed by atoms with Crippen molar-refractivity contribution in [3.63, 3.8) is 0 Å². The predicted molar refractivity (Wildman–Crippen MR) is 84.8 cm³/mol. The number of halogens is 1. The van der Waals surface area contributed by atoms with E-state index < -0.39 is 0 Å². The van der Waals surface area contributed by atoms with E-state index >= 15 is 0 Å². The van der Waals surface area contributed by atoms with Gasteiger partial charge >= 0.3 is 0 Å². The Bertz CT molecular complexity index is 580. The first-order chi connectivity index (χ1) is 9.16. The molecule has 0 atom stereocenters. The number of hydrogen-bond donors (Lipinski definition) is 0. The van der Waals surface area contributed by atoms with E-state index in [4.69, 9.17) is 0 Å². The van der Waals surface area contributed by atoms with E-state index in [1.807, 2.05) is 55.5 Å². The highest BCUT2D eigenvalue weighted by atomic mass is 79.9. The molecular weight excluding hydrogens is 320 g/mol. The van der Waals surface area contributed by atoms with Crippen LogP contribution in [0.25, 0.3) is 0 Å². The number of rotatable bonds is 5. The van der Waals surface area contributed by atoms with E-state index in [9.17, 15) is 4.79 Å². The topological polar surface area (TPSA) is 17.1 Å². The summed E-state index contributed by atoms with van der Waals surface area (Å²) in [5, 5.41) is 0. The van der Waals surface area contributed by atoms with E-state index in [-0.39, 0.29) is 5.78 Å². The monoisotopic (exact) mass is 334 g/mol. The van der Waals surface area contributed by atoms with Gasteiger partial charge in [0.25, 0.3) is 0 Å². The molecule has 2 aromatic rings. The van der Waals surface area contributed by atoms with Crippen molar-refractivity contribution in [2.45, 2.75) is 18.2 Å². The second-order valence-electron chi connectivity index (χ2n) is 4.36. The van der Waals surface area contributed by atoms with Crippen molar-refractivity contribution < 1.29 is 4.79 Å². The van der Waals surface area contributed by atoms with Gasteiger partial charge < -0.3 is 0 Å². The number of carbonyl (C=O) groups is 1. The first-order valence-electron chi connectivity index (χ1n) is 6.10. The Kier molecular flexibility index (Phi) is 5.23. The fourth-order valence-corrected chi connectivity index (χ4v) is 3.22. The van der Waals surface area contributed by atoms with E-state index in [1.54, 1.807) is 11.8 Å². The van der Waals surface area contributed by atoms with Crippen LogP contribution in [0.1, 0.15) is 11.1 Å². The van der Waals surface area contributed by atoms with Crippen LogP contribution >= 0.6 is 27.7 Å². The molecule has 0 radical (unpaired) electrons. The molecule has 0 aromatic heterocycles. The molecule has 2 aromatic carbocycles. The Labute approximate surface area is 126 Å². The smallest absolute Gasteiger partial charge is 0.147 e. The third-order valence-corrected chi connectivity index (χ3v) is 4.96. The SMILES string of the molecule is Cc1ccccc1CC(=O)CSc1ccccc1Br. The molecule has 19 heavy (non-hydrogen) atoms. The molecule has 0 aliphatic rings. The molecule has 1 nitrogen and oxygen atoms in total. The molecule has 0 fully saturated rings. The zero-order chi connectivity index (χ0) is 13.7. The third-order valence-electron chi connectivity index (χ3n) is 2.87. The molecule has 0 aliphatic heterocycles. The van der Waals surface area contributed by atoms with Crippen LogP contribution in [0.5, 0.6) is 0 Å². The normalized spacial score (nSPS) is 10.4. The van der Waals surface area contributed by atoms with Crippen molar-refractivity contribution in [2.75, 3.05) is 5.75 Å². The molecule has 0 bridgehead atoms. The Balaban J connectivity index is 1.92. The number of benzene rings is 2. The predicted octanol–water partition coefficient (Wildman–Crippen LogP) is 4.66. The van der Waals surface area contributed by atoms with Crippen LogP contribution in [0, 0.1) is 6.92 Å². The van der Waals surface area contributed by atoms with Crippen molar-refractivity contribution in [1.29, 1.82) is 0 Å². The van der Waals surface area contributed by atoms with Gasteiger partial charge in [-0.3, -0.25) is 4.79 Å². The van der Waals surface area contributed by atoms with Gasteiger partial charge in [0.05, 0.1) is 5.75 Å². The van der Waals surface area contributed by atoms with Gasteiger partial charge in [-0.25, -0.2) is 0 Å². The lowest BCUT2D eigenvalue weighted by Crippen LogP contribution is -2.06. The maximum atomic E-state index is 12.0. The van der Waals surface area contributed by atoms with Gasteiger partial charge in [0.1, 0.15) is 5.78 Å². The molecule has 0 spiro atoms. The van der Waals surface area contributed by atoms with Crippen LogP contribution in [0.15, 0.2) is 57.9 Å². The summed E-state index contributed by atoms with van der Waals surface area (Å²) >= 11 is 5.08. The Morgan fingerprint density at radius 2 is 1.79 bits per heavy atom. The van der Waals surface area contributed by atoms with Gasteiger partial charge in [-0.15, -0.1) is 11.8 Å². The molecule has 0 aliphatic carbocycles. The fraction of sp³-hybridized carbons (Fsp3) is 0.188. The van der Waals surface area contributed by atoms with Gasteiger partial charge in [-0.1, -0.05) is 36.4 Å². The average molecular weight is 335 g/mol. The number of Topliss-reactive ketones (excluding diaryl/α,β-unsaturated/α-hetero) is 1. The van der Waals surface area contributed by atoms with Crippen molar-refractivity contribution >= 4 is 33.5 Å². The first-order valence-corrected chi connectivity index (χ1v) is 7.88. The molecule has 3 heteroatoms. The van der Waals surface area contributed by atoms with Crippen LogP contribution in [-0.4, -0.2) is 11.5 Å². The number of ketones is 1. The molecule has 98 valence electrons. The minimum Gasteiger partial charge on any atom is -0.298 e. The Morgan fingerprint density at radius 3 is 2.53 bits per heavy atom. The van der Waals surface area contributed by atoms with Gasteiger partial charge in [0.15, 0.2) is 0 Å². The zero-order valence-corrected chi connectivity index (χ0v) is 13.1. The van der Waals surface area contributed by atoms with Crippen LogP contribution in [0.2, 0.25) is 0 Å². The standard InChI is InChI=1S/C16H15BrOS/c1-12-6-2-3-7-13(12)10-14(18)11-19-16-9-5-4-8-15(16)17/h2-9H,10-11H2,1H3. The number of carbonyl (C=O) groups excluding carboxylic acids is 1. The second-order valence-corrected chi connectivity index (χ2v) is 6.23. The van der Waals surface area contributed by atoms with Gasteiger partial charge in [0.2, 0.25) is 0 Å². The Hall–Kier alpha value is -1.06. The summed E-state index contributed by atoms with van der Waals surface area (Å²) in [6.07, 6.45) is 0.518. The Morgan fingerprint density at radius 1 is 1.11 bits per heavy atom. The maximum Gasteiger partial charge on any atom is 0.147 e. The average Bonchev–Trinajstić information content (AvgIpc) is 2.40.